The van der Waals surface area contributed by atoms with Gasteiger partial charge in [0.2, 0.25) is 0 Å². The normalized spacial score (nSPS) is 43.0. The SMILES string of the molecule is N#C[C@@H]1CSC2(CCNC2)N1. The fourth-order valence-corrected chi connectivity index (χ4v) is 2.95. The second-order valence-corrected chi connectivity index (χ2v) is 4.46. The highest BCUT2D eigenvalue weighted by molar-refractivity contribution is 8.01. The van der Waals surface area contributed by atoms with Crippen LogP contribution in [0.1, 0.15) is 6.42 Å². The van der Waals surface area contributed by atoms with E-state index in [9.17, 15) is 0 Å². The summed E-state index contributed by atoms with van der Waals surface area (Å²) >= 11 is 1.89. The van der Waals surface area contributed by atoms with Crippen LogP contribution in [0, 0.1) is 11.3 Å². The van der Waals surface area contributed by atoms with Crippen LogP contribution >= 0.6 is 11.8 Å². The largest absolute Gasteiger partial charge is 0.314 e. The zero-order valence-electron chi connectivity index (χ0n) is 6.26. The van der Waals surface area contributed by atoms with Crippen molar-refractivity contribution in [1.82, 2.24) is 10.6 Å². The zero-order chi connectivity index (χ0) is 7.73. The molecule has 0 aromatic carbocycles. The van der Waals surface area contributed by atoms with E-state index in [-0.39, 0.29) is 10.9 Å². The summed E-state index contributed by atoms with van der Waals surface area (Å²) in [6.45, 7) is 2.09. The van der Waals surface area contributed by atoms with Crippen LogP contribution in [0.3, 0.4) is 0 Å². The van der Waals surface area contributed by atoms with E-state index >= 15 is 0 Å². The number of nitrogens with one attached hydrogen (secondary N) is 2. The smallest absolute Gasteiger partial charge is 0.106 e. The Kier molecular flexibility index (Phi) is 1.80. The molecule has 2 rings (SSSR count). The Bertz CT molecular complexity index is 192. The van der Waals surface area contributed by atoms with Crippen molar-refractivity contribution < 1.29 is 0 Å². The molecular weight excluding hydrogens is 158 g/mol. The summed E-state index contributed by atoms with van der Waals surface area (Å²) in [5.74, 6) is 0.943. The highest BCUT2D eigenvalue weighted by Gasteiger charge is 2.41. The van der Waals surface area contributed by atoms with E-state index < -0.39 is 0 Å². The molecule has 0 aromatic heterocycles. The van der Waals surface area contributed by atoms with Crippen LogP contribution in [0.25, 0.3) is 0 Å². The lowest BCUT2D eigenvalue weighted by Crippen LogP contribution is -2.42. The highest BCUT2D eigenvalue weighted by atomic mass is 32.2. The fraction of sp³-hybridized carbons (Fsp3) is 0.857. The molecule has 0 radical (unpaired) electrons. The zero-order valence-corrected chi connectivity index (χ0v) is 7.08. The van der Waals surface area contributed by atoms with Gasteiger partial charge in [-0.25, -0.2) is 0 Å². The number of nitriles is 1. The third-order valence-electron chi connectivity index (χ3n) is 2.24. The van der Waals surface area contributed by atoms with Crippen LogP contribution in [0.2, 0.25) is 0 Å². The second kappa shape index (κ2) is 2.67. The minimum absolute atomic E-state index is 0.0694. The van der Waals surface area contributed by atoms with E-state index in [0.717, 1.165) is 25.3 Å². The average molecular weight is 169 g/mol. The Hall–Kier alpha value is -0.240. The fourth-order valence-electron chi connectivity index (χ4n) is 1.63. The maximum absolute atomic E-state index is 8.66. The van der Waals surface area contributed by atoms with Crippen molar-refractivity contribution >= 4 is 11.8 Å². The summed E-state index contributed by atoms with van der Waals surface area (Å²) in [5.41, 5.74) is 0. The predicted octanol–water partition coefficient (Wildman–Crippen LogP) is -0.0954. The number of nitrogens with zero attached hydrogens (tertiary/aromatic N) is 1. The first-order chi connectivity index (χ1) is 5.35. The van der Waals surface area contributed by atoms with Crippen molar-refractivity contribution in [3.63, 3.8) is 0 Å². The lowest BCUT2D eigenvalue weighted by Gasteiger charge is -2.20. The Morgan fingerprint density at radius 1 is 1.64 bits per heavy atom. The number of hydrogen-bond acceptors (Lipinski definition) is 4. The van der Waals surface area contributed by atoms with Gasteiger partial charge in [0, 0.05) is 12.3 Å². The molecular formula is C7H11N3S. The van der Waals surface area contributed by atoms with Crippen LogP contribution in [0.4, 0.5) is 0 Å². The van der Waals surface area contributed by atoms with Crippen LogP contribution in [-0.2, 0) is 0 Å². The summed E-state index contributed by atoms with van der Waals surface area (Å²) in [5, 5.41) is 15.3. The Morgan fingerprint density at radius 2 is 2.55 bits per heavy atom. The number of rotatable bonds is 0. The van der Waals surface area contributed by atoms with E-state index in [0.29, 0.717) is 0 Å². The Morgan fingerprint density at radius 3 is 3.09 bits per heavy atom. The van der Waals surface area contributed by atoms with Gasteiger partial charge in [-0.15, -0.1) is 11.8 Å². The van der Waals surface area contributed by atoms with Gasteiger partial charge in [-0.1, -0.05) is 0 Å². The highest BCUT2D eigenvalue weighted by Crippen LogP contribution is 2.34. The predicted molar refractivity (Wildman–Crippen MR) is 45.2 cm³/mol. The van der Waals surface area contributed by atoms with Crippen molar-refractivity contribution in [3.05, 3.63) is 0 Å². The topological polar surface area (TPSA) is 47.9 Å². The molecule has 0 aliphatic carbocycles. The van der Waals surface area contributed by atoms with Crippen molar-refractivity contribution in [1.29, 1.82) is 5.26 Å². The molecule has 1 unspecified atom stereocenters. The van der Waals surface area contributed by atoms with E-state index in [1.807, 2.05) is 11.8 Å². The van der Waals surface area contributed by atoms with Crippen molar-refractivity contribution in [3.8, 4) is 6.07 Å². The monoisotopic (exact) mass is 169 g/mol. The summed E-state index contributed by atoms with van der Waals surface area (Å²) in [6, 6.07) is 2.32. The van der Waals surface area contributed by atoms with E-state index in [1.165, 1.54) is 0 Å². The summed E-state index contributed by atoms with van der Waals surface area (Å²) in [7, 11) is 0. The van der Waals surface area contributed by atoms with Gasteiger partial charge >= 0.3 is 0 Å². The van der Waals surface area contributed by atoms with Crippen LogP contribution < -0.4 is 10.6 Å². The first kappa shape index (κ1) is 7.41. The maximum atomic E-state index is 8.66. The Balaban J connectivity index is 2.03. The van der Waals surface area contributed by atoms with Crippen molar-refractivity contribution in [2.75, 3.05) is 18.8 Å². The maximum Gasteiger partial charge on any atom is 0.106 e. The van der Waals surface area contributed by atoms with Crippen molar-refractivity contribution in [2.24, 2.45) is 0 Å². The van der Waals surface area contributed by atoms with Gasteiger partial charge in [-0.2, -0.15) is 5.26 Å². The summed E-state index contributed by atoms with van der Waals surface area (Å²) in [4.78, 5) is 0.195. The molecule has 2 heterocycles. The van der Waals surface area contributed by atoms with Gasteiger partial charge < -0.3 is 5.32 Å². The van der Waals surface area contributed by atoms with Crippen molar-refractivity contribution in [2.45, 2.75) is 17.3 Å². The van der Waals surface area contributed by atoms with E-state index in [1.54, 1.807) is 0 Å². The number of hydrogen-bond donors (Lipinski definition) is 2. The molecule has 2 aliphatic heterocycles. The molecule has 1 spiro atoms. The van der Waals surface area contributed by atoms with Gasteiger partial charge in [0.1, 0.15) is 6.04 Å². The lowest BCUT2D eigenvalue weighted by atomic mass is 10.2. The lowest BCUT2D eigenvalue weighted by molar-refractivity contribution is 0.508. The van der Waals surface area contributed by atoms with Gasteiger partial charge in [0.15, 0.2) is 0 Å². The molecule has 60 valence electrons. The molecule has 0 bridgehead atoms. The number of thioether (sulfide) groups is 1. The first-order valence-corrected chi connectivity index (χ1v) is 4.85. The molecule has 0 saturated carbocycles. The molecule has 0 aromatic rings. The standard InChI is InChI=1S/C7H11N3S/c8-3-6-4-11-7(10-6)1-2-9-5-7/h6,9-10H,1-2,4-5H2/t6-,7?/m1/s1. The van der Waals surface area contributed by atoms with Crippen LogP contribution in [0.5, 0.6) is 0 Å². The first-order valence-electron chi connectivity index (χ1n) is 3.87. The molecule has 2 N–H and O–H groups in total. The van der Waals surface area contributed by atoms with E-state index in [4.69, 9.17) is 5.26 Å². The second-order valence-electron chi connectivity index (χ2n) is 3.06. The minimum Gasteiger partial charge on any atom is -0.314 e. The minimum atomic E-state index is 0.0694. The molecule has 4 heteroatoms. The molecule has 0 amide bonds. The molecule has 11 heavy (non-hydrogen) atoms. The molecule has 2 aliphatic rings. The average Bonchev–Trinajstić information content (AvgIpc) is 2.62. The van der Waals surface area contributed by atoms with Gasteiger partial charge in [-0.3, -0.25) is 5.32 Å². The third kappa shape index (κ3) is 1.24. The summed E-state index contributed by atoms with van der Waals surface area (Å²) < 4.78 is 0. The molecule has 3 nitrogen and oxygen atoms in total. The molecule has 2 atom stereocenters. The van der Waals surface area contributed by atoms with Crippen LogP contribution in [0.15, 0.2) is 0 Å². The van der Waals surface area contributed by atoms with Crippen LogP contribution in [-0.4, -0.2) is 29.8 Å². The van der Waals surface area contributed by atoms with Gasteiger partial charge in [0.05, 0.1) is 10.9 Å². The van der Waals surface area contributed by atoms with Gasteiger partial charge in [-0.05, 0) is 13.0 Å². The summed E-state index contributed by atoms with van der Waals surface area (Å²) in [6.07, 6.45) is 1.15. The third-order valence-corrected chi connectivity index (χ3v) is 3.75. The van der Waals surface area contributed by atoms with E-state index in [2.05, 4.69) is 16.7 Å². The quantitative estimate of drug-likeness (QED) is 0.532. The Labute approximate surface area is 70.5 Å². The van der Waals surface area contributed by atoms with Gasteiger partial charge in [0.25, 0.3) is 0 Å². The molecule has 2 saturated heterocycles. The molecule has 2 fully saturated rings.